The maximum Gasteiger partial charge on any atom is 0.306 e. The number of fused-ring (bicyclic) bond motifs is 1. The lowest BCUT2D eigenvalue weighted by Crippen LogP contribution is -2.34. The number of aromatic nitrogens is 4. The van der Waals surface area contributed by atoms with E-state index in [2.05, 4.69) is 42.4 Å². The quantitative estimate of drug-likeness (QED) is 0.433. The fourth-order valence-electron chi connectivity index (χ4n) is 5.41. The molecular formula is C27H35N7O3. The summed E-state index contributed by atoms with van der Waals surface area (Å²) >= 11 is 0. The van der Waals surface area contributed by atoms with Crippen molar-refractivity contribution in [3.63, 3.8) is 0 Å². The molecule has 2 aliphatic rings. The SMILES string of the molecule is CC(CC1CCN(c2ccc(Nc3nc(N4CCCCCC4)nc4cn[nH]c(=O)c34)cc2)CC1)C(=O)O. The largest absolute Gasteiger partial charge is 0.481 e. The van der Waals surface area contributed by atoms with E-state index in [9.17, 15) is 14.7 Å². The molecule has 4 heterocycles. The first-order chi connectivity index (χ1) is 18.0. The van der Waals surface area contributed by atoms with Gasteiger partial charge in [-0.05, 0) is 62.3 Å². The Hall–Kier alpha value is -3.69. The van der Waals surface area contributed by atoms with Crippen molar-refractivity contribution in [3.05, 3.63) is 40.8 Å². The van der Waals surface area contributed by atoms with E-state index in [1.807, 2.05) is 12.1 Å². The van der Waals surface area contributed by atoms with Crippen molar-refractivity contribution >= 4 is 40.0 Å². The second-order valence-electron chi connectivity index (χ2n) is 10.3. The normalized spacial score (nSPS) is 18.0. The predicted octanol–water partition coefficient (Wildman–Crippen LogP) is 4.16. The molecule has 37 heavy (non-hydrogen) atoms. The van der Waals surface area contributed by atoms with Gasteiger partial charge in [-0.15, -0.1) is 0 Å². The van der Waals surface area contributed by atoms with Crippen molar-refractivity contribution in [2.45, 2.75) is 51.9 Å². The topological polar surface area (TPSA) is 127 Å². The Labute approximate surface area is 216 Å². The molecule has 3 aromatic rings. The zero-order valence-electron chi connectivity index (χ0n) is 21.3. The van der Waals surface area contributed by atoms with Crippen LogP contribution in [0.4, 0.5) is 23.1 Å². The van der Waals surface area contributed by atoms with Gasteiger partial charge in [0.15, 0.2) is 0 Å². The highest BCUT2D eigenvalue weighted by Gasteiger charge is 2.24. The van der Waals surface area contributed by atoms with Crippen molar-refractivity contribution in [2.75, 3.05) is 41.3 Å². The summed E-state index contributed by atoms with van der Waals surface area (Å²) in [4.78, 5) is 37.8. The van der Waals surface area contributed by atoms with Crippen LogP contribution in [0.25, 0.3) is 10.9 Å². The lowest BCUT2D eigenvalue weighted by Gasteiger charge is -2.34. The first kappa shape index (κ1) is 25.0. The highest BCUT2D eigenvalue weighted by atomic mass is 16.4. The number of anilines is 4. The third kappa shape index (κ3) is 5.84. The molecule has 2 aliphatic heterocycles. The Balaban J connectivity index is 1.31. The van der Waals surface area contributed by atoms with Gasteiger partial charge in [0.1, 0.15) is 16.7 Å². The summed E-state index contributed by atoms with van der Waals surface area (Å²) in [5.74, 6) is 0.566. The molecular weight excluding hydrogens is 470 g/mol. The number of nitrogens with zero attached hydrogens (tertiary/aromatic N) is 5. The van der Waals surface area contributed by atoms with Crippen LogP contribution in [0.1, 0.15) is 51.9 Å². The lowest BCUT2D eigenvalue weighted by atomic mass is 9.88. The van der Waals surface area contributed by atoms with E-state index in [1.165, 1.54) is 12.8 Å². The van der Waals surface area contributed by atoms with E-state index in [0.717, 1.165) is 69.7 Å². The van der Waals surface area contributed by atoms with Gasteiger partial charge in [0.2, 0.25) is 5.95 Å². The fraction of sp³-hybridized carbons (Fsp3) is 0.519. The van der Waals surface area contributed by atoms with Gasteiger partial charge in [-0.3, -0.25) is 9.59 Å². The number of rotatable bonds is 7. The molecule has 0 radical (unpaired) electrons. The van der Waals surface area contributed by atoms with E-state index in [1.54, 1.807) is 13.1 Å². The number of carboxylic acids is 1. The molecule has 0 spiro atoms. The van der Waals surface area contributed by atoms with E-state index >= 15 is 0 Å². The van der Waals surface area contributed by atoms with E-state index in [0.29, 0.717) is 28.6 Å². The number of hydrogen-bond donors (Lipinski definition) is 3. The molecule has 2 fully saturated rings. The fourth-order valence-corrected chi connectivity index (χ4v) is 5.41. The van der Waals surface area contributed by atoms with Gasteiger partial charge < -0.3 is 20.2 Å². The third-order valence-electron chi connectivity index (χ3n) is 7.61. The number of hydrogen-bond acceptors (Lipinski definition) is 8. The number of aliphatic carboxylic acids is 1. The lowest BCUT2D eigenvalue weighted by molar-refractivity contribution is -0.141. The Morgan fingerprint density at radius 3 is 2.43 bits per heavy atom. The van der Waals surface area contributed by atoms with Crippen molar-refractivity contribution in [2.24, 2.45) is 11.8 Å². The number of H-pyrrole nitrogens is 1. The molecule has 1 atom stereocenters. The van der Waals surface area contributed by atoms with Crippen LogP contribution in [-0.4, -0.2) is 57.4 Å². The summed E-state index contributed by atoms with van der Waals surface area (Å²) < 4.78 is 0. The minimum atomic E-state index is -0.709. The molecule has 0 bridgehead atoms. The molecule has 10 nitrogen and oxygen atoms in total. The minimum absolute atomic E-state index is 0.289. The van der Waals surface area contributed by atoms with Gasteiger partial charge in [-0.2, -0.15) is 10.1 Å². The van der Waals surface area contributed by atoms with Gasteiger partial charge in [0.25, 0.3) is 5.56 Å². The molecule has 196 valence electrons. The third-order valence-corrected chi connectivity index (χ3v) is 7.61. The smallest absolute Gasteiger partial charge is 0.306 e. The van der Waals surface area contributed by atoms with E-state index in [4.69, 9.17) is 4.98 Å². The van der Waals surface area contributed by atoms with Gasteiger partial charge in [0.05, 0.1) is 12.1 Å². The molecule has 10 heteroatoms. The maximum atomic E-state index is 12.6. The van der Waals surface area contributed by atoms with Crippen LogP contribution in [0.3, 0.4) is 0 Å². The van der Waals surface area contributed by atoms with Crippen molar-refractivity contribution < 1.29 is 9.90 Å². The summed E-state index contributed by atoms with van der Waals surface area (Å²) in [6.45, 7) is 5.44. The van der Waals surface area contributed by atoms with Crippen molar-refractivity contribution in [1.29, 1.82) is 0 Å². The second-order valence-corrected chi connectivity index (χ2v) is 10.3. The maximum absolute atomic E-state index is 12.6. The molecule has 3 N–H and O–H groups in total. The van der Waals surface area contributed by atoms with Crippen LogP contribution in [-0.2, 0) is 4.79 Å². The Bertz CT molecular complexity index is 1280. The molecule has 1 unspecified atom stereocenters. The highest BCUT2D eigenvalue weighted by molar-refractivity contribution is 5.90. The predicted molar refractivity (Wildman–Crippen MR) is 145 cm³/mol. The Morgan fingerprint density at radius 1 is 1.05 bits per heavy atom. The van der Waals surface area contributed by atoms with E-state index < -0.39 is 5.97 Å². The number of piperidine rings is 1. The average Bonchev–Trinajstić information content (AvgIpc) is 3.19. The number of aromatic amines is 1. The van der Waals surface area contributed by atoms with Crippen LogP contribution in [0.15, 0.2) is 35.3 Å². The van der Waals surface area contributed by atoms with Crippen LogP contribution < -0.4 is 20.7 Å². The van der Waals surface area contributed by atoms with Crippen molar-refractivity contribution in [1.82, 2.24) is 20.2 Å². The molecule has 0 amide bonds. The van der Waals surface area contributed by atoms with Gasteiger partial charge in [-0.1, -0.05) is 19.8 Å². The molecule has 0 aliphatic carbocycles. The standard InChI is InChI=1S/C27H35N7O3/c1-18(26(36)37)16-19-10-14-33(15-11-19)21-8-6-20(7-9-21)29-24-23-22(17-28-32-25(23)35)30-27(31-24)34-12-4-2-3-5-13-34/h6-9,17-19H,2-5,10-16H2,1H3,(H,32,35)(H,36,37)(H,29,30,31). The Kier molecular flexibility index (Phi) is 7.52. The monoisotopic (exact) mass is 505 g/mol. The summed E-state index contributed by atoms with van der Waals surface area (Å²) in [6.07, 6.45) is 8.96. The van der Waals surface area contributed by atoms with Crippen LogP contribution in [0.2, 0.25) is 0 Å². The van der Waals surface area contributed by atoms with E-state index in [-0.39, 0.29) is 11.5 Å². The zero-order valence-corrected chi connectivity index (χ0v) is 21.3. The number of nitrogens with one attached hydrogen (secondary N) is 2. The summed E-state index contributed by atoms with van der Waals surface area (Å²) in [5, 5.41) is 19.4. The van der Waals surface area contributed by atoms with Gasteiger partial charge >= 0.3 is 5.97 Å². The average molecular weight is 506 g/mol. The first-order valence-electron chi connectivity index (χ1n) is 13.3. The number of benzene rings is 1. The van der Waals surface area contributed by atoms with Gasteiger partial charge in [0, 0.05) is 37.6 Å². The molecule has 1 aromatic carbocycles. The minimum Gasteiger partial charge on any atom is -0.481 e. The highest BCUT2D eigenvalue weighted by Crippen LogP contribution is 2.30. The molecule has 2 saturated heterocycles. The zero-order chi connectivity index (χ0) is 25.8. The van der Waals surface area contributed by atoms with Crippen LogP contribution in [0.5, 0.6) is 0 Å². The Morgan fingerprint density at radius 2 is 1.76 bits per heavy atom. The van der Waals surface area contributed by atoms with Crippen LogP contribution in [0, 0.1) is 11.8 Å². The summed E-state index contributed by atoms with van der Waals surface area (Å²) in [5.41, 5.74) is 2.18. The molecule has 5 rings (SSSR count). The number of carboxylic acid groups (broad SMARTS) is 1. The summed E-state index contributed by atoms with van der Waals surface area (Å²) in [7, 11) is 0. The summed E-state index contributed by atoms with van der Waals surface area (Å²) in [6, 6.07) is 8.16. The first-order valence-corrected chi connectivity index (χ1v) is 13.3. The van der Waals surface area contributed by atoms with Gasteiger partial charge in [-0.25, -0.2) is 10.1 Å². The molecule has 0 saturated carbocycles. The molecule has 2 aromatic heterocycles. The second kappa shape index (κ2) is 11.1. The number of carbonyl (C=O) groups is 1. The van der Waals surface area contributed by atoms with Crippen LogP contribution >= 0.6 is 0 Å². The van der Waals surface area contributed by atoms with Crippen molar-refractivity contribution in [3.8, 4) is 0 Å².